The van der Waals surface area contributed by atoms with Crippen molar-refractivity contribution in [3.05, 3.63) is 53.4 Å². The monoisotopic (exact) mass is 452 g/mol. The number of anilines is 2. The van der Waals surface area contributed by atoms with Crippen LogP contribution in [0.1, 0.15) is 23.2 Å². The molecule has 1 aromatic heterocycles. The van der Waals surface area contributed by atoms with E-state index in [2.05, 4.69) is 15.7 Å². The number of hydrogen-bond donors (Lipinski definition) is 2. The number of methoxy groups -OCH3 is 2. The van der Waals surface area contributed by atoms with Crippen molar-refractivity contribution in [2.75, 3.05) is 24.5 Å². The molecule has 32 heavy (non-hydrogen) atoms. The third-order valence-corrected chi connectivity index (χ3v) is 5.60. The van der Waals surface area contributed by atoms with Crippen molar-refractivity contribution < 1.29 is 23.9 Å². The van der Waals surface area contributed by atoms with E-state index in [4.69, 9.17) is 9.47 Å². The molecule has 1 aliphatic heterocycles. The molecule has 3 amide bonds. The molecular weight excluding hydrogens is 432 g/mol. The first kappa shape index (κ1) is 21.3. The smallest absolute Gasteiger partial charge is 0.257 e. The van der Waals surface area contributed by atoms with Crippen LogP contribution in [0.2, 0.25) is 0 Å². The standard InChI is InChI=1S/C22H20N4O5S/c1-30-17-8-5-14(11-18(17)31-2)16-12-32-22(23-16)24-21(29)13-3-6-15(7-4-13)26-20(28)10-9-19(27)25-26/h3-8,11-12H,9-10H2,1-2H3,(H,25,27)(H,23,24,29). The highest BCUT2D eigenvalue weighted by Crippen LogP contribution is 2.33. The lowest BCUT2D eigenvalue weighted by Gasteiger charge is -2.27. The molecule has 0 radical (unpaired) electrons. The van der Waals surface area contributed by atoms with E-state index in [1.54, 1.807) is 44.6 Å². The van der Waals surface area contributed by atoms with Crippen LogP contribution in [0.4, 0.5) is 10.8 Å². The van der Waals surface area contributed by atoms with Gasteiger partial charge in [0.25, 0.3) is 5.91 Å². The lowest BCUT2D eigenvalue weighted by atomic mass is 10.1. The van der Waals surface area contributed by atoms with Gasteiger partial charge in [-0.3, -0.25) is 25.1 Å². The van der Waals surface area contributed by atoms with Crippen molar-refractivity contribution in [1.82, 2.24) is 10.4 Å². The van der Waals surface area contributed by atoms with Gasteiger partial charge in [-0.1, -0.05) is 0 Å². The highest BCUT2D eigenvalue weighted by molar-refractivity contribution is 7.14. The first-order valence-corrected chi connectivity index (χ1v) is 10.6. The largest absolute Gasteiger partial charge is 0.493 e. The van der Waals surface area contributed by atoms with Crippen LogP contribution in [0.3, 0.4) is 0 Å². The van der Waals surface area contributed by atoms with Crippen LogP contribution in [0, 0.1) is 0 Å². The van der Waals surface area contributed by atoms with Gasteiger partial charge < -0.3 is 9.47 Å². The van der Waals surface area contributed by atoms with E-state index in [0.29, 0.717) is 33.6 Å². The Kier molecular flexibility index (Phi) is 6.04. The van der Waals surface area contributed by atoms with Gasteiger partial charge in [-0.15, -0.1) is 11.3 Å². The highest BCUT2D eigenvalue weighted by Gasteiger charge is 2.24. The van der Waals surface area contributed by atoms with Crippen LogP contribution in [0.15, 0.2) is 47.8 Å². The Morgan fingerprint density at radius 2 is 1.81 bits per heavy atom. The predicted molar refractivity (Wildman–Crippen MR) is 120 cm³/mol. The van der Waals surface area contributed by atoms with Crippen molar-refractivity contribution in [2.45, 2.75) is 12.8 Å². The fourth-order valence-corrected chi connectivity index (χ4v) is 3.89. The third-order valence-electron chi connectivity index (χ3n) is 4.84. The number of carbonyl (C=O) groups is 3. The molecule has 0 saturated carbocycles. The molecule has 2 aromatic carbocycles. The molecule has 1 fully saturated rings. The van der Waals surface area contributed by atoms with Gasteiger partial charge in [-0.05, 0) is 42.5 Å². The Labute approximate surface area is 187 Å². The number of nitrogens with one attached hydrogen (secondary N) is 2. The SMILES string of the molecule is COc1ccc(-c2csc(NC(=O)c3ccc(N4NC(=O)CCC4=O)cc3)n2)cc1OC. The number of aromatic nitrogens is 1. The number of nitrogens with zero attached hydrogens (tertiary/aromatic N) is 2. The second-order valence-corrected chi connectivity index (χ2v) is 7.73. The second kappa shape index (κ2) is 9.06. The summed E-state index contributed by atoms with van der Waals surface area (Å²) >= 11 is 1.30. The summed E-state index contributed by atoms with van der Waals surface area (Å²) < 4.78 is 10.6. The zero-order valence-corrected chi connectivity index (χ0v) is 18.2. The van der Waals surface area contributed by atoms with E-state index in [-0.39, 0.29) is 30.6 Å². The lowest BCUT2D eigenvalue weighted by molar-refractivity contribution is -0.130. The van der Waals surface area contributed by atoms with E-state index >= 15 is 0 Å². The normalized spacial score (nSPS) is 13.5. The molecule has 2 N–H and O–H groups in total. The summed E-state index contributed by atoms with van der Waals surface area (Å²) in [4.78, 5) is 40.7. The minimum atomic E-state index is -0.334. The Morgan fingerprint density at radius 3 is 2.53 bits per heavy atom. The minimum absolute atomic E-state index is 0.153. The molecule has 4 rings (SSSR count). The zero-order valence-electron chi connectivity index (χ0n) is 17.4. The average Bonchev–Trinajstić information content (AvgIpc) is 3.28. The van der Waals surface area contributed by atoms with Crippen molar-refractivity contribution in [3.63, 3.8) is 0 Å². The van der Waals surface area contributed by atoms with Gasteiger partial charge in [0.1, 0.15) is 0 Å². The molecule has 0 aliphatic carbocycles. The molecule has 3 aromatic rings. The summed E-state index contributed by atoms with van der Waals surface area (Å²) in [5.41, 5.74) is 4.94. The number of hydrogen-bond acceptors (Lipinski definition) is 7. The molecule has 9 nitrogen and oxygen atoms in total. The molecule has 0 unspecified atom stereocenters. The quantitative estimate of drug-likeness (QED) is 0.594. The Hall–Kier alpha value is -3.92. The van der Waals surface area contributed by atoms with E-state index in [1.807, 2.05) is 17.5 Å². The number of benzene rings is 2. The molecule has 1 aliphatic rings. The Morgan fingerprint density at radius 1 is 1.06 bits per heavy atom. The van der Waals surface area contributed by atoms with Gasteiger partial charge in [0.05, 0.1) is 25.6 Å². The minimum Gasteiger partial charge on any atom is -0.493 e. The zero-order chi connectivity index (χ0) is 22.7. The van der Waals surface area contributed by atoms with Crippen LogP contribution in [0.5, 0.6) is 11.5 Å². The van der Waals surface area contributed by atoms with Gasteiger partial charge in [-0.2, -0.15) is 0 Å². The number of hydrazine groups is 1. The number of thiazole rings is 1. The summed E-state index contributed by atoms with van der Waals surface area (Å²) in [6.45, 7) is 0. The highest BCUT2D eigenvalue weighted by atomic mass is 32.1. The molecular formula is C22H20N4O5S. The number of rotatable bonds is 6. The fourth-order valence-electron chi connectivity index (χ4n) is 3.17. The van der Waals surface area contributed by atoms with Crippen molar-refractivity contribution in [2.24, 2.45) is 0 Å². The molecule has 0 spiro atoms. The summed E-state index contributed by atoms with van der Waals surface area (Å²) in [6, 6.07) is 11.9. The van der Waals surface area contributed by atoms with Gasteiger partial charge in [-0.25, -0.2) is 9.99 Å². The Balaban J connectivity index is 1.45. The van der Waals surface area contributed by atoms with Crippen molar-refractivity contribution in [3.8, 4) is 22.8 Å². The van der Waals surface area contributed by atoms with E-state index in [1.165, 1.54) is 16.3 Å². The fraction of sp³-hybridized carbons (Fsp3) is 0.182. The number of amides is 3. The molecule has 0 atom stereocenters. The summed E-state index contributed by atoms with van der Waals surface area (Å²) in [6.07, 6.45) is 0.329. The van der Waals surface area contributed by atoms with Crippen LogP contribution in [-0.4, -0.2) is 36.9 Å². The van der Waals surface area contributed by atoms with Gasteiger partial charge >= 0.3 is 0 Å². The van der Waals surface area contributed by atoms with E-state index in [9.17, 15) is 14.4 Å². The molecule has 0 bridgehead atoms. The van der Waals surface area contributed by atoms with Gasteiger partial charge in [0.2, 0.25) is 11.8 Å². The maximum Gasteiger partial charge on any atom is 0.257 e. The molecule has 1 saturated heterocycles. The second-order valence-electron chi connectivity index (χ2n) is 6.87. The van der Waals surface area contributed by atoms with Crippen LogP contribution in [0.25, 0.3) is 11.3 Å². The Bertz CT molecular complexity index is 1180. The molecule has 164 valence electrons. The number of ether oxygens (including phenoxy) is 2. The van der Waals surface area contributed by atoms with Crippen LogP contribution in [-0.2, 0) is 9.59 Å². The summed E-state index contributed by atoms with van der Waals surface area (Å²) in [5.74, 6) is 0.452. The summed E-state index contributed by atoms with van der Waals surface area (Å²) in [7, 11) is 3.13. The van der Waals surface area contributed by atoms with E-state index < -0.39 is 0 Å². The van der Waals surface area contributed by atoms with Crippen molar-refractivity contribution >= 4 is 39.9 Å². The third kappa shape index (κ3) is 4.40. The maximum atomic E-state index is 12.6. The van der Waals surface area contributed by atoms with Gasteiger partial charge in [0.15, 0.2) is 16.6 Å². The topological polar surface area (TPSA) is 110 Å². The van der Waals surface area contributed by atoms with E-state index in [0.717, 1.165) is 5.56 Å². The maximum absolute atomic E-state index is 12.6. The lowest BCUT2D eigenvalue weighted by Crippen LogP contribution is -2.50. The first-order chi connectivity index (χ1) is 15.5. The van der Waals surface area contributed by atoms with Crippen molar-refractivity contribution in [1.29, 1.82) is 0 Å². The average molecular weight is 452 g/mol. The first-order valence-electron chi connectivity index (χ1n) is 9.70. The van der Waals surface area contributed by atoms with Crippen LogP contribution < -0.4 is 25.2 Å². The van der Waals surface area contributed by atoms with Crippen LogP contribution >= 0.6 is 11.3 Å². The summed E-state index contributed by atoms with van der Waals surface area (Å²) in [5, 5.41) is 6.26. The molecule has 10 heteroatoms. The number of carbonyl (C=O) groups excluding carboxylic acids is 3. The van der Waals surface area contributed by atoms with Gasteiger partial charge in [0, 0.05) is 29.3 Å². The molecule has 2 heterocycles. The predicted octanol–water partition coefficient (Wildman–Crippen LogP) is 3.24.